The van der Waals surface area contributed by atoms with Crippen molar-refractivity contribution >= 4 is 5.91 Å². The second-order valence-electron chi connectivity index (χ2n) is 5.45. The molecule has 1 N–H and O–H groups in total. The van der Waals surface area contributed by atoms with Crippen molar-refractivity contribution in [2.45, 2.75) is 45.3 Å². The van der Waals surface area contributed by atoms with Gasteiger partial charge in [0.05, 0.1) is 7.11 Å². The van der Waals surface area contributed by atoms with E-state index in [9.17, 15) is 4.79 Å². The Morgan fingerprint density at radius 3 is 2.90 bits per heavy atom. The molecule has 0 spiro atoms. The zero-order valence-electron chi connectivity index (χ0n) is 12.4. The molecule has 1 atom stereocenters. The highest BCUT2D eigenvalue weighted by Crippen LogP contribution is 2.27. The van der Waals surface area contributed by atoms with Gasteiger partial charge < -0.3 is 14.8 Å². The van der Waals surface area contributed by atoms with Crippen LogP contribution < -0.4 is 10.1 Å². The van der Waals surface area contributed by atoms with Crippen LogP contribution in [0.2, 0.25) is 0 Å². The summed E-state index contributed by atoms with van der Waals surface area (Å²) >= 11 is 0. The molecule has 1 saturated heterocycles. The summed E-state index contributed by atoms with van der Waals surface area (Å²) in [5.41, 5.74) is 2.25. The van der Waals surface area contributed by atoms with E-state index < -0.39 is 0 Å². The van der Waals surface area contributed by atoms with E-state index >= 15 is 0 Å². The van der Waals surface area contributed by atoms with Crippen molar-refractivity contribution < 1.29 is 14.3 Å². The van der Waals surface area contributed by atoms with Gasteiger partial charge in [-0.15, -0.1) is 0 Å². The molecule has 1 aromatic carbocycles. The molecule has 0 aromatic heterocycles. The number of rotatable bonds is 5. The van der Waals surface area contributed by atoms with Gasteiger partial charge in [-0.2, -0.15) is 0 Å². The Morgan fingerprint density at radius 1 is 1.50 bits per heavy atom. The van der Waals surface area contributed by atoms with Crippen LogP contribution in [0.4, 0.5) is 0 Å². The summed E-state index contributed by atoms with van der Waals surface area (Å²) in [6.07, 6.45) is 1.53. The molecule has 20 heavy (non-hydrogen) atoms. The molecule has 1 aromatic rings. The molecular formula is C16H23NO3. The van der Waals surface area contributed by atoms with Gasteiger partial charge in [0, 0.05) is 13.2 Å². The summed E-state index contributed by atoms with van der Waals surface area (Å²) in [5.74, 6) is 1.28. The third-order valence-corrected chi connectivity index (χ3v) is 3.60. The molecule has 0 saturated carbocycles. The molecule has 1 aliphatic heterocycles. The number of hydrogen-bond donors (Lipinski definition) is 1. The first kappa shape index (κ1) is 14.9. The van der Waals surface area contributed by atoms with Crippen LogP contribution in [0.5, 0.6) is 5.75 Å². The average molecular weight is 277 g/mol. The monoisotopic (exact) mass is 277 g/mol. The van der Waals surface area contributed by atoms with Crippen molar-refractivity contribution in [3.8, 4) is 5.75 Å². The van der Waals surface area contributed by atoms with Gasteiger partial charge in [-0.3, -0.25) is 4.79 Å². The molecule has 0 aliphatic carbocycles. The van der Waals surface area contributed by atoms with Gasteiger partial charge in [0.1, 0.15) is 11.9 Å². The van der Waals surface area contributed by atoms with Gasteiger partial charge in [-0.1, -0.05) is 26.0 Å². The number of amides is 1. The second kappa shape index (κ2) is 6.75. The van der Waals surface area contributed by atoms with Gasteiger partial charge in [0.2, 0.25) is 5.91 Å². The quantitative estimate of drug-likeness (QED) is 0.900. The maximum Gasteiger partial charge on any atom is 0.249 e. The standard InChI is InChI=1S/C16H23NO3/c1-11(2)13-9-12(6-7-14(13)19-3)10-17-16(18)15-5-4-8-20-15/h6-7,9,11,15H,4-5,8,10H2,1-3H3,(H,17,18). The third-order valence-electron chi connectivity index (χ3n) is 3.60. The highest BCUT2D eigenvalue weighted by atomic mass is 16.5. The van der Waals surface area contributed by atoms with E-state index in [1.165, 1.54) is 0 Å². The number of benzene rings is 1. The van der Waals surface area contributed by atoms with Crippen LogP contribution in [0, 0.1) is 0 Å². The van der Waals surface area contributed by atoms with Gasteiger partial charge in [-0.25, -0.2) is 0 Å². The largest absolute Gasteiger partial charge is 0.496 e. The highest BCUT2D eigenvalue weighted by Gasteiger charge is 2.23. The minimum Gasteiger partial charge on any atom is -0.496 e. The minimum absolute atomic E-state index is 0.00980. The minimum atomic E-state index is -0.266. The molecule has 0 bridgehead atoms. The lowest BCUT2D eigenvalue weighted by atomic mass is 9.99. The Hall–Kier alpha value is -1.55. The molecule has 1 unspecified atom stereocenters. The first-order valence-corrected chi connectivity index (χ1v) is 7.18. The van der Waals surface area contributed by atoms with Crippen LogP contribution in [0.25, 0.3) is 0 Å². The molecular weight excluding hydrogens is 254 g/mol. The van der Waals surface area contributed by atoms with Gasteiger partial charge in [-0.05, 0) is 36.0 Å². The fourth-order valence-corrected chi connectivity index (χ4v) is 2.43. The number of carbonyl (C=O) groups is 1. The Labute approximate surface area is 120 Å². The first-order valence-electron chi connectivity index (χ1n) is 7.18. The highest BCUT2D eigenvalue weighted by molar-refractivity contribution is 5.80. The molecule has 1 fully saturated rings. The zero-order chi connectivity index (χ0) is 14.5. The molecule has 110 valence electrons. The lowest BCUT2D eigenvalue weighted by Crippen LogP contribution is -2.33. The van der Waals surface area contributed by atoms with E-state index in [1.807, 2.05) is 12.1 Å². The third kappa shape index (κ3) is 3.51. The smallest absolute Gasteiger partial charge is 0.249 e. The number of hydrogen-bond acceptors (Lipinski definition) is 3. The molecule has 4 nitrogen and oxygen atoms in total. The van der Waals surface area contributed by atoms with Gasteiger partial charge >= 0.3 is 0 Å². The predicted molar refractivity (Wildman–Crippen MR) is 77.9 cm³/mol. The summed E-state index contributed by atoms with van der Waals surface area (Å²) < 4.78 is 10.7. The van der Waals surface area contributed by atoms with Crippen LogP contribution in [-0.4, -0.2) is 25.7 Å². The van der Waals surface area contributed by atoms with Crippen LogP contribution >= 0.6 is 0 Å². The summed E-state index contributed by atoms with van der Waals surface area (Å²) in [4.78, 5) is 11.9. The Kier molecular flexibility index (Phi) is 5.01. The number of methoxy groups -OCH3 is 1. The van der Waals surface area contributed by atoms with E-state index in [4.69, 9.17) is 9.47 Å². The summed E-state index contributed by atoms with van der Waals surface area (Å²) in [6.45, 7) is 5.49. The molecule has 1 amide bonds. The van der Waals surface area contributed by atoms with Crippen LogP contribution in [0.15, 0.2) is 18.2 Å². The van der Waals surface area contributed by atoms with Gasteiger partial charge in [0.15, 0.2) is 0 Å². The van der Waals surface area contributed by atoms with Crippen molar-refractivity contribution in [3.63, 3.8) is 0 Å². The molecule has 1 aliphatic rings. The predicted octanol–water partition coefficient (Wildman–Crippen LogP) is 2.61. The molecule has 1 heterocycles. The Morgan fingerprint density at radius 2 is 2.30 bits per heavy atom. The second-order valence-corrected chi connectivity index (χ2v) is 5.45. The first-order chi connectivity index (χ1) is 9.61. The molecule has 0 radical (unpaired) electrons. The Balaban J connectivity index is 1.98. The summed E-state index contributed by atoms with van der Waals surface area (Å²) in [7, 11) is 1.68. The summed E-state index contributed by atoms with van der Waals surface area (Å²) in [5, 5.41) is 2.94. The van der Waals surface area contributed by atoms with Crippen molar-refractivity contribution in [3.05, 3.63) is 29.3 Å². The van der Waals surface area contributed by atoms with E-state index in [0.717, 1.165) is 29.7 Å². The fourth-order valence-electron chi connectivity index (χ4n) is 2.43. The van der Waals surface area contributed by atoms with E-state index in [2.05, 4.69) is 25.2 Å². The SMILES string of the molecule is COc1ccc(CNC(=O)C2CCCO2)cc1C(C)C. The van der Waals surface area contributed by atoms with Crippen molar-refractivity contribution in [1.29, 1.82) is 0 Å². The van der Waals surface area contributed by atoms with E-state index in [-0.39, 0.29) is 12.0 Å². The number of carbonyl (C=O) groups excluding carboxylic acids is 1. The van der Waals surface area contributed by atoms with Crippen molar-refractivity contribution in [2.24, 2.45) is 0 Å². The maximum atomic E-state index is 11.9. The van der Waals surface area contributed by atoms with Crippen molar-refractivity contribution in [2.75, 3.05) is 13.7 Å². The zero-order valence-corrected chi connectivity index (χ0v) is 12.4. The Bertz CT molecular complexity index is 465. The lowest BCUT2D eigenvalue weighted by molar-refractivity contribution is -0.130. The normalized spacial score (nSPS) is 18.3. The fraction of sp³-hybridized carbons (Fsp3) is 0.562. The summed E-state index contributed by atoms with van der Waals surface area (Å²) in [6, 6.07) is 6.04. The van der Waals surface area contributed by atoms with E-state index in [0.29, 0.717) is 19.1 Å². The molecule has 4 heteroatoms. The topological polar surface area (TPSA) is 47.6 Å². The average Bonchev–Trinajstić information content (AvgIpc) is 2.98. The number of nitrogens with one attached hydrogen (secondary N) is 1. The maximum absolute atomic E-state index is 11.9. The van der Waals surface area contributed by atoms with Crippen molar-refractivity contribution in [1.82, 2.24) is 5.32 Å². The van der Waals surface area contributed by atoms with Crippen LogP contribution in [-0.2, 0) is 16.1 Å². The number of ether oxygens (including phenoxy) is 2. The van der Waals surface area contributed by atoms with Crippen LogP contribution in [0.1, 0.15) is 43.7 Å². The lowest BCUT2D eigenvalue weighted by Gasteiger charge is -2.15. The van der Waals surface area contributed by atoms with Gasteiger partial charge in [0.25, 0.3) is 0 Å². The molecule has 2 rings (SSSR count). The van der Waals surface area contributed by atoms with E-state index in [1.54, 1.807) is 7.11 Å². The van der Waals surface area contributed by atoms with Crippen LogP contribution in [0.3, 0.4) is 0 Å².